The molecule has 1 aromatic heterocycles. The molecule has 1 fully saturated rings. The number of carbonyl (C=O) groups excluding carboxylic acids is 1. The van der Waals surface area contributed by atoms with E-state index < -0.39 is 0 Å². The minimum atomic E-state index is -0.252. The van der Waals surface area contributed by atoms with Crippen LogP contribution in [0.4, 0.5) is 0 Å². The predicted molar refractivity (Wildman–Crippen MR) is 76.4 cm³/mol. The van der Waals surface area contributed by atoms with E-state index in [4.69, 9.17) is 4.74 Å². The number of amides is 1. The third kappa shape index (κ3) is 3.02. The number of hydrogen-bond acceptors (Lipinski definition) is 4. The highest BCUT2D eigenvalue weighted by molar-refractivity contribution is 5.80. The lowest BCUT2D eigenvalue weighted by molar-refractivity contribution is -0.134. The number of imidazole rings is 1. The number of aromatic nitrogens is 2. The first kappa shape index (κ1) is 15.0. The summed E-state index contributed by atoms with van der Waals surface area (Å²) in [7, 11) is 0. The van der Waals surface area contributed by atoms with E-state index in [1.807, 2.05) is 30.2 Å². The summed E-state index contributed by atoms with van der Waals surface area (Å²) >= 11 is 0. The third-order valence-corrected chi connectivity index (χ3v) is 3.80. The first-order chi connectivity index (χ1) is 9.69. The number of nitrogens with zero attached hydrogens (tertiary/aromatic N) is 3. The van der Waals surface area contributed by atoms with Crippen molar-refractivity contribution in [3.05, 3.63) is 18.2 Å². The van der Waals surface area contributed by atoms with Gasteiger partial charge in [0.15, 0.2) is 0 Å². The van der Waals surface area contributed by atoms with E-state index in [-0.39, 0.29) is 18.1 Å². The van der Waals surface area contributed by atoms with Crippen LogP contribution in [0, 0.1) is 0 Å². The van der Waals surface area contributed by atoms with E-state index in [0.717, 1.165) is 31.9 Å². The molecule has 0 radical (unpaired) electrons. The third-order valence-electron chi connectivity index (χ3n) is 3.80. The second-order valence-corrected chi connectivity index (χ2v) is 4.98. The lowest BCUT2D eigenvalue weighted by Gasteiger charge is -2.28. The molecular weight excluding hydrogens is 256 g/mol. The van der Waals surface area contributed by atoms with Crippen LogP contribution in [-0.2, 0) is 9.53 Å². The normalized spacial score (nSPS) is 20.6. The van der Waals surface area contributed by atoms with Crippen molar-refractivity contribution in [1.29, 1.82) is 0 Å². The fraction of sp³-hybridized carbons (Fsp3) is 0.714. The van der Waals surface area contributed by atoms with Crippen LogP contribution in [0.1, 0.15) is 38.6 Å². The van der Waals surface area contributed by atoms with Gasteiger partial charge in [-0.3, -0.25) is 4.79 Å². The molecule has 0 spiro atoms. The first-order valence-electron chi connectivity index (χ1n) is 7.31. The Labute approximate surface area is 120 Å². The fourth-order valence-electron chi connectivity index (χ4n) is 2.56. The van der Waals surface area contributed by atoms with E-state index in [2.05, 4.69) is 10.3 Å². The Hall–Kier alpha value is -1.40. The van der Waals surface area contributed by atoms with Gasteiger partial charge in [-0.25, -0.2) is 4.98 Å². The largest absolute Gasteiger partial charge is 0.369 e. The maximum atomic E-state index is 12.5. The number of nitrogens with one attached hydrogen (secondary N) is 1. The first-order valence-corrected chi connectivity index (χ1v) is 7.31. The van der Waals surface area contributed by atoms with E-state index in [0.29, 0.717) is 6.61 Å². The van der Waals surface area contributed by atoms with Crippen molar-refractivity contribution in [1.82, 2.24) is 19.8 Å². The van der Waals surface area contributed by atoms with Crippen molar-refractivity contribution in [3.8, 4) is 0 Å². The number of likely N-dealkylation sites (N-methyl/N-ethyl adjacent to an activating group) is 1. The molecule has 1 aliphatic heterocycles. The Kier molecular flexibility index (Phi) is 5.14. The smallest absolute Gasteiger partial charge is 0.245 e. The summed E-state index contributed by atoms with van der Waals surface area (Å²) in [5.74, 6) is 0.123. The molecule has 0 aromatic carbocycles. The molecular formula is C14H24N4O2. The Bertz CT molecular complexity index is 436. The molecule has 2 unspecified atom stereocenters. The van der Waals surface area contributed by atoms with Crippen LogP contribution in [0.3, 0.4) is 0 Å². The van der Waals surface area contributed by atoms with Gasteiger partial charge >= 0.3 is 0 Å². The van der Waals surface area contributed by atoms with Crippen molar-refractivity contribution < 1.29 is 9.53 Å². The molecule has 2 heterocycles. The van der Waals surface area contributed by atoms with Gasteiger partial charge in [-0.2, -0.15) is 0 Å². The molecule has 6 nitrogen and oxygen atoms in total. The van der Waals surface area contributed by atoms with Gasteiger partial charge in [-0.1, -0.05) is 0 Å². The molecule has 1 saturated heterocycles. The minimum Gasteiger partial charge on any atom is -0.369 e. The molecule has 1 N–H and O–H groups in total. The van der Waals surface area contributed by atoms with Crippen LogP contribution in [0.25, 0.3) is 0 Å². The monoisotopic (exact) mass is 280 g/mol. The average Bonchev–Trinajstić information content (AvgIpc) is 2.98. The molecule has 112 valence electrons. The summed E-state index contributed by atoms with van der Waals surface area (Å²) < 4.78 is 7.69. The summed E-state index contributed by atoms with van der Waals surface area (Å²) in [5, 5.41) is 3.30. The van der Waals surface area contributed by atoms with Crippen molar-refractivity contribution in [3.63, 3.8) is 0 Å². The highest BCUT2D eigenvalue weighted by Gasteiger charge is 2.26. The van der Waals surface area contributed by atoms with Gasteiger partial charge in [0.1, 0.15) is 12.1 Å². The van der Waals surface area contributed by atoms with Crippen LogP contribution < -0.4 is 5.32 Å². The highest BCUT2D eigenvalue weighted by Crippen LogP contribution is 2.22. The molecule has 6 heteroatoms. The zero-order valence-corrected chi connectivity index (χ0v) is 12.5. The van der Waals surface area contributed by atoms with Gasteiger partial charge in [0.25, 0.3) is 0 Å². The molecule has 20 heavy (non-hydrogen) atoms. The minimum absolute atomic E-state index is 0.0294. The van der Waals surface area contributed by atoms with E-state index in [9.17, 15) is 4.79 Å². The maximum Gasteiger partial charge on any atom is 0.245 e. The second-order valence-electron chi connectivity index (χ2n) is 4.98. The quantitative estimate of drug-likeness (QED) is 0.873. The Morgan fingerprint density at radius 2 is 2.35 bits per heavy atom. The highest BCUT2D eigenvalue weighted by atomic mass is 16.5. The lowest BCUT2D eigenvalue weighted by atomic mass is 10.2. The summed E-state index contributed by atoms with van der Waals surface area (Å²) in [6.07, 6.45) is 3.49. The van der Waals surface area contributed by atoms with Gasteiger partial charge in [-0.15, -0.1) is 0 Å². The van der Waals surface area contributed by atoms with Crippen molar-refractivity contribution >= 4 is 5.91 Å². The van der Waals surface area contributed by atoms with Crippen LogP contribution in [0.2, 0.25) is 0 Å². The zero-order valence-electron chi connectivity index (χ0n) is 12.5. The molecule has 1 amide bonds. The number of ether oxygens (including phenoxy) is 1. The Morgan fingerprint density at radius 1 is 1.60 bits per heavy atom. The fourth-order valence-corrected chi connectivity index (χ4v) is 2.56. The van der Waals surface area contributed by atoms with E-state index in [1.54, 1.807) is 12.5 Å². The zero-order chi connectivity index (χ0) is 14.5. The van der Waals surface area contributed by atoms with Gasteiger partial charge in [0.05, 0.1) is 24.8 Å². The Morgan fingerprint density at radius 3 is 2.95 bits per heavy atom. The van der Waals surface area contributed by atoms with E-state index in [1.165, 1.54) is 0 Å². The van der Waals surface area contributed by atoms with Gasteiger partial charge in [0, 0.05) is 26.2 Å². The number of rotatable bonds is 5. The molecule has 1 aliphatic rings. The Balaban J connectivity index is 2.16. The SMILES string of the molecule is CCN(CC)C(=O)C(C)n1cncc1C1CNCCO1. The van der Waals surface area contributed by atoms with Crippen LogP contribution in [-0.4, -0.2) is 53.1 Å². The molecule has 0 saturated carbocycles. The van der Waals surface area contributed by atoms with Gasteiger partial charge in [0.2, 0.25) is 5.91 Å². The molecule has 0 aliphatic carbocycles. The maximum absolute atomic E-state index is 12.5. The number of carbonyl (C=O) groups is 1. The molecule has 1 aromatic rings. The van der Waals surface area contributed by atoms with E-state index >= 15 is 0 Å². The summed E-state index contributed by atoms with van der Waals surface area (Å²) in [6, 6.07) is -0.252. The van der Waals surface area contributed by atoms with Gasteiger partial charge < -0.3 is 19.5 Å². The standard InChI is InChI=1S/C14H24N4O2/c1-4-17(5-2)14(19)11(3)18-10-16-8-12(18)13-9-15-6-7-20-13/h8,10-11,13,15H,4-7,9H2,1-3H3. The molecule has 2 rings (SSSR count). The summed E-state index contributed by atoms with van der Waals surface area (Å²) in [6.45, 7) is 9.69. The summed E-state index contributed by atoms with van der Waals surface area (Å²) in [5.41, 5.74) is 0.963. The predicted octanol–water partition coefficient (Wildman–Crippen LogP) is 0.973. The van der Waals surface area contributed by atoms with Crippen molar-refractivity contribution in [2.45, 2.75) is 32.9 Å². The van der Waals surface area contributed by atoms with Crippen LogP contribution >= 0.6 is 0 Å². The van der Waals surface area contributed by atoms with Crippen molar-refractivity contribution in [2.24, 2.45) is 0 Å². The molecule has 0 bridgehead atoms. The number of morpholine rings is 1. The van der Waals surface area contributed by atoms with Crippen molar-refractivity contribution in [2.75, 3.05) is 32.8 Å². The van der Waals surface area contributed by atoms with Crippen LogP contribution in [0.5, 0.6) is 0 Å². The topological polar surface area (TPSA) is 59.4 Å². The second kappa shape index (κ2) is 6.85. The number of hydrogen-bond donors (Lipinski definition) is 1. The van der Waals surface area contributed by atoms with Crippen LogP contribution in [0.15, 0.2) is 12.5 Å². The summed E-state index contributed by atoms with van der Waals surface area (Å²) in [4.78, 5) is 18.5. The lowest BCUT2D eigenvalue weighted by Crippen LogP contribution is -2.38. The average molecular weight is 280 g/mol. The molecule has 2 atom stereocenters. The van der Waals surface area contributed by atoms with Gasteiger partial charge in [-0.05, 0) is 20.8 Å².